The van der Waals surface area contributed by atoms with E-state index < -0.39 is 30.1 Å². The van der Waals surface area contributed by atoms with Crippen LogP contribution in [-0.2, 0) is 16.1 Å². The molecule has 3 saturated heterocycles. The summed E-state index contributed by atoms with van der Waals surface area (Å²) in [4.78, 5) is 38.7. The molecule has 3 fully saturated rings. The molecule has 214 valence electrons. The highest BCUT2D eigenvalue weighted by Crippen LogP contribution is 2.30. The molecule has 6 rings (SSSR count). The molecule has 3 aliphatic rings. The Kier molecular flexibility index (Phi) is 8.84. The predicted octanol–water partition coefficient (Wildman–Crippen LogP) is 4.38. The van der Waals surface area contributed by atoms with Crippen LogP contribution in [0.15, 0.2) is 78.9 Å². The third-order valence-electron chi connectivity index (χ3n) is 7.78. The molecule has 3 aromatic rings. The van der Waals surface area contributed by atoms with Gasteiger partial charge in [-0.3, -0.25) is 14.5 Å². The maximum atomic E-state index is 13.1. The number of piperidine rings is 3. The molecule has 0 spiro atoms. The maximum Gasteiger partial charge on any atom is 0.408 e. The summed E-state index contributed by atoms with van der Waals surface area (Å²) < 4.78 is 12.0. The molecule has 0 aliphatic carbocycles. The number of amides is 2. The fourth-order valence-electron chi connectivity index (χ4n) is 5.38. The van der Waals surface area contributed by atoms with E-state index in [1.807, 2.05) is 54.6 Å². The summed E-state index contributed by atoms with van der Waals surface area (Å²) in [7, 11) is 0. The number of fused-ring (bicyclic) bond motifs is 3. The highest BCUT2D eigenvalue weighted by Gasteiger charge is 2.36. The first-order chi connectivity index (χ1) is 19.9. The van der Waals surface area contributed by atoms with Crippen LogP contribution in [0.25, 0.3) is 0 Å². The lowest BCUT2D eigenvalue weighted by Crippen LogP contribution is -2.52. The zero-order valence-electron chi connectivity index (χ0n) is 23.0. The van der Waals surface area contributed by atoms with Crippen molar-refractivity contribution in [3.05, 3.63) is 101 Å². The van der Waals surface area contributed by atoms with Crippen molar-refractivity contribution in [2.75, 3.05) is 19.6 Å². The Morgan fingerprint density at radius 2 is 1.63 bits per heavy atom. The van der Waals surface area contributed by atoms with Gasteiger partial charge in [0, 0.05) is 12.1 Å². The third-order valence-corrected chi connectivity index (χ3v) is 7.78. The minimum Gasteiger partial charge on any atom is -0.489 e. The number of carbonyl (C=O) groups excluding carboxylic acids is 2. The molecular formula is C32H35N3O6. The number of hydrogen-bond donors (Lipinski definition) is 3. The zero-order chi connectivity index (χ0) is 28.8. The monoisotopic (exact) mass is 557 g/mol. The molecule has 9 heteroatoms. The van der Waals surface area contributed by atoms with Crippen LogP contribution in [0.5, 0.6) is 5.75 Å². The van der Waals surface area contributed by atoms with Gasteiger partial charge in [0.05, 0.1) is 6.04 Å². The minimum absolute atomic E-state index is 0.0818. The molecule has 2 amide bonds. The maximum absolute atomic E-state index is 13.1. The first-order valence-electron chi connectivity index (χ1n) is 14.0. The molecule has 2 bridgehead atoms. The summed E-state index contributed by atoms with van der Waals surface area (Å²) in [6.45, 7) is 4.64. The van der Waals surface area contributed by atoms with Crippen molar-refractivity contribution >= 4 is 18.0 Å². The minimum atomic E-state index is -1.10. The lowest BCUT2D eigenvalue weighted by Gasteiger charge is -2.43. The first-order valence-corrected chi connectivity index (χ1v) is 14.0. The number of nitrogens with one attached hydrogen (secondary N) is 2. The van der Waals surface area contributed by atoms with E-state index in [9.17, 15) is 14.4 Å². The van der Waals surface area contributed by atoms with E-state index in [4.69, 9.17) is 14.6 Å². The second-order valence-corrected chi connectivity index (χ2v) is 10.7. The van der Waals surface area contributed by atoms with Gasteiger partial charge in [0.2, 0.25) is 0 Å². The van der Waals surface area contributed by atoms with E-state index in [0.29, 0.717) is 17.2 Å². The Bertz CT molecular complexity index is 1360. The van der Waals surface area contributed by atoms with E-state index in [2.05, 4.69) is 15.5 Å². The Balaban J connectivity index is 1.23. The Labute approximate surface area is 239 Å². The average Bonchev–Trinajstić information content (AvgIpc) is 3.00. The molecule has 0 radical (unpaired) electrons. The van der Waals surface area contributed by atoms with Crippen LogP contribution in [-0.4, -0.2) is 59.8 Å². The van der Waals surface area contributed by atoms with Crippen molar-refractivity contribution in [3.8, 4) is 5.75 Å². The number of alkyl carbamates (subject to hydrolysis) is 1. The Morgan fingerprint density at radius 3 is 2.29 bits per heavy atom. The van der Waals surface area contributed by atoms with E-state index >= 15 is 0 Å². The topological polar surface area (TPSA) is 117 Å². The molecular weight excluding hydrogens is 522 g/mol. The van der Waals surface area contributed by atoms with Crippen LogP contribution in [0.3, 0.4) is 0 Å². The second-order valence-electron chi connectivity index (χ2n) is 10.7. The van der Waals surface area contributed by atoms with E-state index in [0.717, 1.165) is 49.2 Å². The molecule has 3 aliphatic heterocycles. The number of rotatable bonds is 10. The normalized spacial score (nSPS) is 20.9. The lowest BCUT2D eigenvalue weighted by molar-refractivity contribution is -0.138. The summed E-state index contributed by atoms with van der Waals surface area (Å²) in [6, 6.07) is 22.8. The van der Waals surface area contributed by atoms with Gasteiger partial charge in [-0.15, -0.1) is 0 Å². The summed E-state index contributed by atoms with van der Waals surface area (Å²) in [5.41, 5.74) is 3.00. The molecule has 0 aromatic heterocycles. The first kappa shape index (κ1) is 28.2. The highest BCUT2D eigenvalue weighted by molar-refractivity contribution is 5.96. The van der Waals surface area contributed by atoms with Crippen LogP contribution in [0.2, 0.25) is 0 Å². The molecule has 3 heterocycles. The summed E-state index contributed by atoms with van der Waals surface area (Å²) >= 11 is 0. The summed E-state index contributed by atoms with van der Waals surface area (Å²) in [5, 5.41) is 14.5. The van der Waals surface area contributed by atoms with Crippen molar-refractivity contribution < 1.29 is 29.0 Å². The highest BCUT2D eigenvalue weighted by atomic mass is 16.6. The average molecular weight is 558 g/mol. The van der Waals surface area contributed by atoms with Gasteiger partial charge >= 0.3 is 12.1 Å². The van der Waals surface area contributed by atoms with Crippen LogP contribution < -0.4 is 15.4 Å². The van der Waals surface area contributed by atoms with Gasteiger partial charge in [0.15, 0.2) is 0 Å². The van der Waals surface area contributed by atoms with Gasteiger partial charge in [-0.05, 0) is 79.7 Å². The molecule has 3 atom stereocenters. The third kappa shape index (κ3) is 7.24. The number of carboxylic acid groups (broad SMARTS) is 1. The summed E-state index contributed by atoms with van der Waals surface area (Å²) in [5.74, 6) is -0.490. The van der Waals surface area contributed by atoms with Gasteiger partial charge < -0.3 is 25.2 Å². The number of ether oxygens (including phenoxy) is 2. The van der Waals surface area contributed by atoms with E-state index in [-0.39, 0.29) is 12.7 Å². The lowest BCUT2D eigenvalue weighted by atomic mass is 9.86. The molecule has 3 N–H and O–H groups in total. The van der Waals surface area contributed by atoms with Gasteiger partial charge in [-0.2, -0.15) is 0 Å². The molecule has 0 saturated carbocycles. The SMILES string of the molecule is CC(NC(=O)c1ccc(COc2cccc([C@@H](NC(=O)OC3CN4CCC3CC4)c3ccccc3)c2)cc1)C(=O)O. The van der Waals surface area contributed by atoms with Gasteiger partial charge in [0.1, 0.15) is 24.5 Å². The van der Waals surface area contributed by atoms with Gasteiger partial charge in [-0.1, -0.05) is 54.6 Å². The van der Waals surface area contributed by atoms with E-state index in [1.54, 1.807) is 24.3 Å². The second kappa shape index (κ2) is 12.9. The quantitative estimate of drug-likeness (QED) is 0.339. The number of aliphatic carboxylic acids is 1. The number of benzene rings is 3. The van der Waals surface area contributed by atoms with Crippen molar-refractivity contribution in [2.24, 2.45) is 5.92 Å². The van der Waals surface area contributed by atoms with Gasteiger partial charge in [-0.25, -0.2) is 4.79 Å². The Hall–Kier alpha value is -4.37. The van der Waals surface area contributed by atoms with Crippen molar-refractivity contribution in [1.29, 1.82) is 0 Å². The number of carboxylic acids is 1. The number of carbonyl (C=O) groups is 3. The summed E-state index contributed by atoms with van der Waals surface area (Å²) in [6.07, 6.45) is 1.63. The molecule has 2 unspecified atom stereocenters. The fraction of sp³-hybridized carbons (Fsp3) is 0.344. The van der Waals surface area contributed by atoms with E-state index in [1.165, 1.54) is 6.92 Å². The molecule has 9 nitrogen and oxygen atoms in total. The van der Waals surface area contributed by atoms with Crippen molar-refractivity contribution in [3.63, 3.8) is 0 Å². The van der Waals surface area contributed by atoms with Crippen molar-refractivity contribution in [2.45, 2.75) is 44.6 Å². The number of hydrogen-bond acceptors (Lipinski definition) is 6. The zero-order valence-corrected chi connectivity index (χ0v) is 23.0. The van der Waals surface area contributed by atoms with Crippen molar-refractivity contribution in [1.82, 2.24) is 15.5 Å². The van der Waals surface area contributed by atoms with Crippen LogP contribution in [0.4, 0.5) is 4.79 Å². The Morgan fingerprint density at radius 1 is 0.927 bits per heavy atom. The predicted molar refractivity (Wildman–Crippen MR) is 153 cm³/mol. The molecule has 41 heavy (non-hydrogen) atoms. The van der Waals surface area contributed by atoms with Crippen LogP contribution in [0.1, 0.15) is 52.9 Å². The fourth-order valence-corrected chi connectivity index (χ4v) is 5.38. The standard InChI is InChI=1S/C32H35N3O6/c1-21(31(37)38)33-30(36)25-12-10-22(11-13-25)20-40-27-9-5-8-26(18-27)29(24-6-3-2-4-7-24)34-32(39)41-28-19-35-16-14-23(28)15-17-35/h2-13,18,21,23,28-29H,14-17,19-20H2,1H3,(H,33,36)(H,34,39)(H,37,38)/t21?,28?,29-/m0/s1. The largest absolute Gasteiger partial charge is 0.489 e. The van der Waals surface area contributed by atoms with Crippen LogP contribution >= 0.6 is 0 Å². The molecule has 3 aromatic carbocycles. The van der Waals surface area contributed by atoms with Gasteiger partial charge in [0.25, 0.3) is 5.91 Å². The smallest absolute Gasteiger partial charge is 0.408 e. The van der Waals surface area contributed by atoms with Crippen LogP contribution in [0, 0.1) is 5.92 Å². The number of nitrogens with zero attached hydrogens (tertiary/aromatic N) is 1.